The van der Waals surface area contributed by atoms with E-state index in [1.54, 1.807) is 36.1 Å². The molecule has 2 aliphatic heterocycles. The van der Waals surface area contributed by atoms with E-state index in [0.29, 0.717) is 16.5 Å². The van der Waals surface area contributed by atoms with Crippen LogP contribution in [0.4, 0.5) is 5.69 Å². The highest BCUT2D eigenvalue weighted by molar-refractivity contribution is 6.35. The van der Waals surface area contributed by atoms with E-state index in [1.807, 2.05) is 30.3 Å². The van der Waals surface area contributed by atoms with E-state index in [0.717, 1.165) is 11.3 Å². The summed E-state index contributed by atoms with van der Waals surface area (Å²) in [6, 6.07) is 12.9. The van der Waals surface area contributed by atoms with Gasteiger partial charge in [-0.05, 0) is 48.9 Å². The molecule has 0 fully saturated rings. The Morgan fingerprint density at radius 2 is 2.00 bits per heavy atom. The van der Waals surface area contributed by atoms with Crippen LogP contribution in [0.3, 0.4) is 0 Å². The molecule has 2 aliphatic rings. The quantitative estimate of drug-likeness (QED) is 0.788. The molecule has 0 saturated carbocycles. The summed E-state index contributed by atoms with van der Waals surface area (Å²) in [5, 5.41) is 8.43. The summed E-state index contributed by atoms with van der Waals surface area (Å²) in [5.74, 6) is 0.995. The predicted octanol–water partition coefficient (Wildman–Crippen LogP) is 2.90. The van der Waals surface area contributed by atoms with Gasteiger partial charge in [-0.1, -0.05) is 17.7 Å². The van der Waals surface area contributed by atoms with Crippen molar-refractivity contribution in [2.45, 2.75) is 13.1 Å². The van der Waals surface area contributed by atoms with Crippen molar-refractivity contribution in [3.05, 3.63) is 53.1 Å². The van der Waals surface area contributed by atoms with Gasteiger partial charge in [0.25, 0.3) is 0 Å². The highest BCUT2D eigenvalue weighted by atomic mass is 35.5. The van der Waals surface area contributed by atoms with Crippen LogP contribution < -0.4 is 19.9 Å². The monoisotopic (exact) mass is 402 g/mol. The summed E-state index contributed by atoms with van der Waals surface area (Å²) in [7, 11) is 1.72. The van der Waals surface area contributed by atoms with Crippen LogP contribution in [-0.4, -0.2) is 37.3 Å². The Kier molecular flexibility index (Phi) is 4.97. The lowest BCUT2D eigenvalue weighted by atomic mass is 10.1. The fourth-order valence-electron chi connectivity index (χ4n) is 3.00. The third kappa shape index (κ3) is 3.44. The van der Waals surface area contributed by atoms with Crippen LogP contribution in [0.15, 0.2) is 47.6 Å². The van der Waals surface area contributed by atoms with Crippen molar-refractivity contribution < 1.29 is 19.0 Å². The zero-order chi connectivity index (χ0) is 19.7. The fourth-order valence-corrected chi connectivity index (χ4v) is 3.13. The van der Waals surface area contributed by atoms with Gasteiger partial charge in [0.15, 0.2) is 11.5 Å². The zero-order valence-electron chi connectivity index (χ0n) is 15.4. The molecular formula is C19H19ClN4O4. The molecule has 146 valence electrons. The number of rotatable bonds is 4. The van der Waals surface area contributed by atoms with Gasteiger partial charge in [0, 0.05) is 12.1 Å². The van der Waals surface area contributed by atoms with Crippen LogP contribution >= 0.6 is 11.6 Å². The van der Waals surface area contributed by atoms with Crippen molar-refractivity contribution in [1.82, 2.24) is 10.4 Å². The number of ether oxygens (including phenoxy) is 3. The third-order valence-corrected chi connectivity index (χ3v) is 4.59. The fraction of sp³-hybridized carbons (Fsp3) is 0.263. The van der Waals surface area contributed by atoms with E-state index in [4.69, 9.17) is 25.8 Å². The minimum absolute atomic E-state index is 0.147. The molecule has 2 heterocycles. The highest BCUT2D eigenvalue weighted by Crippen LogP contribution is 2.37. The molecule has 1 N–H and O–H groups in total. The molecule has 4 rings (SSSR count). The van der Waals surface area contributed by atoms with Crippen molar-refractivity contribution in [2.24, 2.45) is 5.10 Å². The summed E-state index contributed by atoms with van der Waals surface area (Å²) >= 11 is 6.03. The van der Waals surface area contributed by atoms with Crippen LogP contribution in [0.2, 0.25) is 5.02 Å². The average Bonchev–Trinajstić information content (AvgIpc) is 3.16. The van der Waals surface area contributed by atoms with Crippen LogP contribution in [0, 0.1) is 0 Å². The van der Waals surface area contributed by atoms with Gasteiger partial charge < -0.3 is 14.2 Å². The molecule has 0 radical (unpaired) electrons. The summed E-state index contributed by atoms with van der Waals surface area (Å²) < 4.78 is 16.0. The maximum atomic E-state index is 12.3. The number of nitrogens with zero attached hydrogens (tertiary/aromatic N) is 3. The lowest BCUT2D eigenvalue weighted by Gasteiger charge is -2.39. The molecule has 0 bridgehead atoms. The summed E-state index contributed by atoms with van der Waals surface area (Å²) in [4.78, 5) is 12.3. The molecule has 1 atom stereocenters. The average molecular weight is 403 g/mol. The normalized spacial score (nSPS) is 18.1. The summed E-state index contributed by atoms with van der Waals surface area (Å²) in [6.07, 6.45) is -0.390. The number of fused-ring (bicyclic) bond motifs is 1. The molecule has 0 aromatic heterocycles. The molecular weight excluding hydrogens is 384 g/mol. The van der Waals surface area contributed by atoms with Gasteiger partial charge in [-0.15, -0.1) is 5.10 Å². The van der Waals surface area contributed by atoms with Gasteiger partial charge in [-0.2, -0.15) is 0 Å². The van der Waals surface area contributed by atoms with E-state index in [9.17, 15) is 4.79 Å². The van der Waals surface area contributed by atoms with Gasteiger partial charge in [0.05, 0.1) is 12.3 Å². The van der Waals surface area contributed by atoms with Crippen LogP contribution in [0.5, 0.6) is 11.5 Å². The smallest absolute Gasteiger partial charge is 0.377 e. The van der Waals surface area contributed by atoms with E-state index in [1.165, 1.54) is 0 Å². The van der Waals surface area contributed by atoms with E-state index in [2.05, 4.69) is 10.5 Å². The van der Waals surface area contributed by atoms with Crippen molar-refractivity contribution in [2.75, 3.05) is 25.5 Å². The number of hydrazine groups is 1. The Morgan fingerprint density at radius 1 is 1.25 bits per heavy atom. The molecule has 2 aromatic carbocycles. The molecule has 2 aromatic rings. The number of nitrogens with one attached hydrogen (secondary N) is 1. The van der Waals surface area contributed by atoms with Crippen molar-refractivity contribution >= 4 is 29.1 Å². The largest absolute Gasteiger partial charge is 0.460 e. The Balaban J connectivity index is 1.75. The Bertz CT molecular complexity index is 919. The first-order chi connectivity index (χ1) is 13.6. The number of carbonyl (C=O) groups is 1. The van der Waals surface area contributed by atoms with Crippen molar-refractivity contribution in [1.29, 1.82) is 0 Å². The molecule has 28 heavy (non-hydrogen) atoms. The molecule has 0 saturated heterocycles. The number of anilines is 1. The van der Waals surface area contributed by atoms with Gasteiger partial charge in [-0.25, -0.2) is 15.2 Å². The first kappa shape index (κ1) is 18.4. The summed E-state index contributed by atoms with van der Waals surface area (Å²) in [6.45, 7) is 2.21. The second-order valence-corrected chi connectivity index (χ2v) is 6.60. The first-order valence-electron chi connectivity index (χ1n) is 8.77. The van der Waals surface area contributed by atoms with Gasteiger partial charge in [0.2, 0.25) is 12.6 Å². The van der Waals surface area contributed by atoms with Crippen LogP contribution in [-0.2, 0) is 9.53 Å². The number of hydrogen-bond acceptors (Lipinski definition) is 8. The Morgan fingerprint density at radius 3 is 2.75 bits per heavy atom. The van der Waals surface area contributed by atoms with Crippen molar-refractivity contribution in [3.8, 4) is 11.5 Å². The van der Waals surface area contributed by atoms with Crippen molar-refractivity contribution in [3.63, 3.8) is 0 Å². The van der Waals surface area contributed by atoms with E-state index in [-0.39, 0.29) is 25.4 Å². The predicted molar refractivity (Wildman–Crippen MR) is 104 cm³/mol. The number of likely N-dealkylation sites (N-methyl/N-ethyl adjacent to an activating group) is 1. The number of halogens is 1. The second kappa shape index (κ2) is 7.57. The number of benzene rings is 2. The first-order valence-corrected chi connectivity index (χ1v) is 9.14. The number of amidine groups is 1. The van der Waals surface area contributed by atoms with Crippen LogP contribution in [0.25, 0.3) is 0 Å². The number of hydrazone groups is 1. The molecule has 0 amide bonds. The standard InChI is InChI=1S/C19H19ClN4O4/c1-3-26-19(25)18-22-24(14-7-5-13(20)6-8-14)17(21-23(18)2)12-4-9-15-16(10-12)28-11-27-15/h4-10,17,21H,3,11H2,1-2H3. The van der Waals surface area contributed by atoms with Gasteiger partial charge in [-0.3, -0.25) is 5.01 Å². The van der Waals surface area contributed by atoms with Crippen LogP contribution in [0.1, 0.15) is 18.7 Å². The minimum Gasteiger partial charge on any atom is -0.460 e. The maximum absolute atomic E-state index is 12.3. The lowest BCUT2D eigenvalue weighted by molar-refractivity contribution is -0.136. The molecule has 8 nitrogen and oxygen atoms in total. The topological polar surface area (TPSA) is 75.6 Å². The highest BCUT2D eigenvalue weighted by Gasteiger charge is 2.33. The van der Waals surface area contributed by atoms with Gasteiger partial charge >= 0.3 is 5.97 Å². The molecule has 0 aliphatic carbocycles. The molecule has 1 unspecified atom stereocenters. The molecule has 9 heteroatoms. The van der Waals surface area contributed by atoms with E-state index < -0.39 is 5.97 Å². The minimum atomic E-state index is -0.513. The van der Waals surface area contributed by atoms with E-state index >= 15 is 0 Å². The van der Waals surface area contributed by atoms with Gasteiger partial charge in [0.1, 0.15) is 6.17 Å². The number of carbonyl (C=O) groups excluding carboxylic acids is 1. The second-order valence-electron chi connectivity index (χ2n) is 6.17. The lowest BCUT2D eigenvalue weighted by Crippen LogP contribution is -2.55. The number of hydrogen-bond donors (Lipinski definition) is 1. The molecule has 0 spiro atoms. The summed E-state index contributed by atoms with van der Waals surface area (Å²) in [5.41, 5.74) is 4.92. The third-order valence-electron chi connectivity index (χ3n) is 4.34. The maximum Gasteiger partial charge on any atom is 0.377 e. The SMILES string of the molecule is CCOC(=O)C1=NN(c2ccc(Cl)cc2)C(c2ccc3c(c2)OCO3)NN1C. The Hall–Kier alpha value is -2.97. The Labute approximate surface area is 167 Å². The zero-order valence-corrected chi connectivity index (χ0v) is 16.1. The number of esters is 1.